The van der Waals surface area contributed by atoms with E-state index in [0.29, 0.717) is 23.8 Å². The second-order valence-corrected chi connectivity index (χ2v) is 5.38. The summed E-state index contributed by atoms with van der Waals surface area (Å²) < 4.78 is 43.5. The molecule has 0 aliphatic carbocycles. The number of nitrogens with one attached hydrogen (secondary N) is 2. The van der Waals surface area contributed by atoms with E-state index in [1.807, 2.05) is 6.92 Å². The molecule has 1 heterocycles. The van der Waals surface area contributed by atoms with Gasteiger partial charge in [-0.05, 0) is 36.8 Å². The van der Waals surface area contributed by atoms with Crippen molar-refractivity contribution < 1.29 is 22.4 Å². The maximum absolute atomic E-state index is 12.8. The van der Waals surface area contributed by atoms with Gasteiger partial charge in [-0.1, -0.05) is 12.1 Å². The third-order valence-corrected chi connectivity index (χ3v) is 3.35. The van der Waals surface area contributed by atoms with Crippen LogP contribution < -0.4 is 16.4 Å². The lowest BCUT2D eigenvalue weighted by Crippen LogP contribution is -2.36. The third-order valence-electron chi connectivity index (χ3n) is 3.35. The minimum Gasteiger partial charge on any atom is -0.454 e. The van der Waals surface area contributed by atoms with Crippen molar-refractivity contribution in [2.45, 2.75) is 26.2 Å². The Labute approximate surface area is 171 Å². The molecule has 1 aromatic carbocycles. The minimum absolute atomic E-state index is 0. The molecule has 0 saturated carbocycles. The van der Waals surface area contributed by atoms with Crippen molar-refractivity contribution in [3.63, 3.8) is 0 Å². The molecule has 27 heavy (non-hydrogen) atoms. The molecule has 0 fully saturated rings. The topological polar surface area (TPSA) is 92.6 Å². The number of nitrogens with zero attached hydrogens (tertiary/aromatic N) is 1. The van der Waals surface area contributed by atoms with Gasteiger partial charge < -0.3 is 20.8 Å². The predicted molar refractivity (Wildman–Crippen MR) is 106 cm³/mol. The highest BCUT2D eigenvalue weighted by molar-refractivity contribution is 14.0. The van der Waals surface area contributed by atoms with Gasteiger partial charge in [0.1, 0.15) is 5.76 Å². The summed E-state index contributed by atoms with van der Waals surface area (Å²) in [4.78, 5) is 15.3. The molecular formula is C17H20F3IN4O2. The van der Waals surface area contributed by atoms with Crippen LogP contribution in [0.4, 0.5) is 13.2 Å². The molecule has 0 bridgehead atoms. The second kappa shape index (κ2) is 10.2. The summed E-state index contributed by atoms with van der Waals surface area (Å²) in [6, 6.07) is 8.08. The zero-order valence-corrected chi connectivity index (χ0v) is 16.8. The van der Waals surface area contributed by atoms with Crippen LogP contribution in [-0.2, 0) is 19.3 Å². The first-order valence-electron chi connectivity index (χ1n) is 7.86. The Morgan fingerprint density at radius 3 is 2.56 bits per heavy atom. The van der Waals surface area contributed by atoms with E-state index in [2.05, 4.69) is 15.6 Å². The van der Waals surface area contributed by atoms with Gasteiger partial charge in [0.15, 0.2) is 11.7 Å². The van der Waals surface area contributed by atoms with Crippen molar-refractivity contribution in [2.24, 2.45) is 10.7 Å². The number of hydrogen-bond acceptors (Lipinski definition) is 3. The number of furan rings is 1. The number of hydrogen-bond donors (Lipinski definition) is 3. The third kappa shape index (κ3) is 7.12. The number of carbonyl (C=O) groups is 1. The first-order valence-corrected chi connectivity index (χ1v) is 7.86. The smallest absolute Gasteiger partial charge is 0.416 e. The molecule has 6 nitrogen and oxygen atoms in total. The Kier molecular flexibility index (Phi) is 8.60. The number of halogens is 4. The van der Waals surface area contributed by atoms with Crippen molar-refractivity contribution in [3.8, 4) is 0 Å². The largest absolute Gasteiger partial charge is 0.454 e. The van der Waals surface area contributed by atoms with Crippen LogP contribution in [0.2, 0.25) is 0 Å². The Morgan fingerprint density at radius 1 is 1.22 bits per heavy atom. The fraction of sp³-hybridized carbons (Fsp3) is 0.294. The fourth-order valence-electron chi connectivity index (χ4n) is 2.13. The average Bonchev–Trinajstić information content (AvgIpc) is 3.06. The zero-order valence-electron chi connectivity index (χ0n) is 14.5. The first kappa shape index (κ1) is 22.8. The van der Waals surface area contributed by atoms with E-state index in [4.69, 9.17) is 10.2 Å². The highest BCUT2D eigenvalue weighted by Gasteiger charge is 2.30. The van der Waals surface area contributed by atoms with Gasteiger partial charge >= 0.3 is 6.18 Å². The standard InChI is InChI=1S/C17H19F3N4O2.HI/c1-2-22-16(24-10-13-6-7-14(26-13)15(21)25)23-9-11-4-3-5-12(8-11)17(18,19)20;/h3-8H,2,9-10H2,1H3,(H2,21,25)(H2,22,23,24);1H. The van der Waals surface area contributed by atoms with Gasteiger partial charge in [-0.2, -0.15) is 13.2 Å². The van der Waals surface area contributed by atoms with E-state index in [0.717, 1.165) is 12.1 Å². The van der Waals surface area contributed by atoms with E-state index in [1.165, 1.54) is 12.1 Å². The van der Waals surface area contributed by atoms with E-state index >= 15 is 0 Å². The van der Waals surface area contributed by atoms with Crippen LogP contribution in [0.1, 0.15) is 34.4 Å². The molecule has 1 aromatic heterocycles. The summed E-state index contributed by atoms with van der Waals surface area (Å²) in [6.07, 6.45) is -4.39. The molecule has 2 rings (SSSR count). The second-order valence-electron chi connectivity index (χ2n) is 5.38. The predicted octanol–water partition coefficient (Wildman–Crippen LogP) is 3.27. The summed E-state index contributed by atoms with van der Waals surface area (Å²) in [5.41, 5.74) is 4.84. The van der Waals surface area contributed by atoms with Crippen LogP contribution in [-0.4, -0.2) is 18.4 Å². The monoisotopic (exact) mass is 496 g/mol. The maximum Gasteiger partial charge on any atom is 0.416 e. The Balaban J connectivity index is 0.00000364. The molecule has 0 radical (unpaired) electrons. The number of carbonyl (C=O) groups excluding carboxylic acids is 1. The molecule has 0 aliphatic heterocycles. The Hall–Kier alpha value is -2.24. The molecule has 0 unspecified atom stereocenters. The lowest BCUT2D eigenvalue weighted by molar-refractivity contribution is -0.137. The summed E-state index contributed by atoms with van der Waals surface area (Å²) in [6.45, 7) is 2.74. The first-order chi connectivity index (χ1) is 12.3. The number of benzene rings is 1. The maximum atomic E-state index is 12.8. The molecule has 10 heteroatoms. The van der Waals surface area contributed by atoms with Crippen LogP contribution in [0.3, 0.4) is 0 Å². The molecule has 148 valence electrons. The van der Waals surface area contributed by atoms with Crippen molar-refractivity contribution in [1.29, 1.82) is 0 Å². The number of guanidine groups is 1. The summed E-state index contributed by atoms with van der Waals surface area (Å²) in [7, 11) is 0. The van der Waals surface area contributed by atoms with Crippen LogP contribution in [0.15, 0.2) is 45.8 Å². The fourth-order valence-corrected chi connectivity index (χ4v) is 2.13. The van der Waals surface area contributed by atoms with Crippen LogP contribution >= 0.6 is 24.0 Å². The van der Waals surface area contributed by atoms with Gasteiger partial charge in [0, 0.05) is 6.54 Å². The normalized spacial score (nSPS) is 11.6. The molecule has 1 amide bonds. The van der Waals surface area contributed by atoms with Crippen molar-refractivity contribution in [2.75, 3.05) is 6.54 Å². The van der Waals surface area contributed by atoms with Gasteiger partial charge in [-0.15, -0.1) is 24.0 Å². The highest BCUT2D eigenvalue weighted by Crippen LogP contribution is 2.29. The molecule has 0 atom stereocenters. The molecule has 0 saturated heterocycles. The highest BCUT2D eigenvalue weighted by atomic mass is 127. The van der Waals surface area contributed by atoms with Crippen molar-refractivity contribution in [3.05, 3.63) is 59.0 Å². The number of rotatable bonds is 6. The average molecular weight is 496 g/mol. The van der Waals surface area contributed by atoms with Crippen LogP contribution in [0, 0.1) is 0 Å². The van der Waals surface area contributed by atoms with Gasteiger partial charge in [-0.25, -0.2) is 4.99 Å². The SMILES string of the molecule is CCNC(=NCc1cccc(C(F)(F)F)c1)NCc1ccc(C(N)=O)o1.I. The number of aliphatic imine (C=N–C) groups is 1. The quantitative estimate of drug-likeness (QED) is 0.325. The van der Waals surface area contributed by atoms with Crippen LogP contribution in [0.25, 0.3) is 0 Å². The lowest BCUT2D eigenvalue weighted by atomic mass is 10.1. The van der Waals surface area contributed by atoms with Gasteiger partial charge in [0.25, 0.3) is 5.91 Å². The summed E-state index contributed by atoms with van der Waals surface area (Å²) in [5.74, 6) is 0.263. The van der Waals surface area contributed by atoms with Gasteiger partial charge in [0.2, 0.25) is 0 Å². The molecular weight excluding hydrogens is 476 g/mol. The van der Waals surface area contributed by atoms with Gasteiger partial charge in [-0.3, -0.25) is 4.79 Å². The van der Waals surface area contributed by atoms with E-state index in [9.17, 15) is 18.0 Å². The molecule has 0 spiro atoms. The number of primary amides is 1. The molecule has 0 aliphatic rings. The Bertz CT molecular complexity index is 790. The summed E-state index contributed by atoms with van der Waals surface area (Å²) >= 11 is 0. The molecule has 2 aromatic rings. The minimum atomic E-state index is -4.39. The number of alkyl halides is 3. The molecule has 4 N–H and O–H groups in total. The van der Waals surface area contributed by atoms with Crippen molar-refractivity contribution >= 4 is 35.8 Å². The zero-order chi connectivity index (χ0) is 19.2. The van der Waals surface area contributed by atoms with Gasteiger partial charge in [0.05, 0.1) is 18.7 Å². The van der Waals surface area contributed by atoms with Crippen molar-refractivity contribution in [1.82, 2.24) is 10.6 Å². The van der Waals surface area contributed by atoms with Crippen LogP contribution in [0.5, 0.6) is 0 Å². The van der Waals surface area contributed by atoms with E-state index < -0.39 is 17.6 Å². The van der Waals surface area contributed by atoms with E-state index in [1.54, 1.807) is 12.1 Å². The lowest BCUT2D eigenvalue weighted by Gasteiger charge is -2.11. The van der Waals surface area contributed by atoms with E-state index in [-0.39, 0.29) is 42.8 Å². The number of amides is 1. The summed E-state index contributed by atoms with van der Waals surface area (Å²) in [5, 5.41) is 5.96. The Morgan fingerprint density at radius 2 is 1.96 bits per heavy atom. The number of nitrogens with two attached hydrogens (primary N) is 1.